The van der Waals surface area contributed by atoms with Crippen molar-refractivity contribution >= 4 is 73.8 Å². The largest absolute Gasteiger partial charge is 0.756 e. The van der Waals surface area contributed by atoms with E-state index in [0.29, 0.717) is 35.4 Å². The van der Waals surface area contributed by atoms with Crippen LogP contribution >= 0.6 is 15.6 Å². The van der Waals surface area contributed by atoms with Crippen LogP contribution < -0.4 is 31.1 Å². The van der Waals surface area contributed by atoms with E-state index in [1.54, 1.807) is 28.2 Å². The minimum Gasteiger partial charge on any atom is -0.756 e. The van der Waals surface area contributed by atoms with E-state index in [9.17, 15) is 28.5 Å². The number of carbonyl (C=O) groups is 2. The maximum absolute atomic E-state index is 12.4. The summed E-state index contributed by atoms with van der Waals surface area (Å²) in [4.78, 5) is 90.7. The van der Waals surface area contributed by atoms with Crippen LogP contribution in [0.25, 0.3) is 34.5 Å². The highest BCUT2D eigenvalue weighted by Gasteiger charge is 2.55. The number of anilines is 2. The molecule has 30 heteroatoms. The Kier molecular flexibility index (Phi) is 18.4. The molecule has 12 atom stereocenters. The predicted molar refractivity (Wildman–Crippen MR) is 272 cm³/mol. The third-order valence-electron chi connectivity index (χ3n) is 12.4. The number of amides is 4. The fourth-order valence-electron chi connectivity index (χ4n) is 8.94. The number of hydrogen-bond acceptors (Lipinski definition) is 20. The first-order valence-corrected chi connectivity index (χ1v) is 27.8. The van der Waals surface area contributed by atoms with Gasteiger partial charge in [-0.1, -0.05) is 99.0 Å². The molecule has 4 aliphatic rings. The number of phosphoric acid groups is 2. The number of hydrogen-bond donors (Lipinski definition) is 6. The molecule has 0 bridgehead atoms. The molecule has 4 saturated heterocycles. The number of rotatable bonds is 20. The highest BCUT2D eigenvalue weighted by Crippen LogP contribution is 2.44. The van der Waals surface area contributed by atoms with E-state index in [2.05, 4.69) is 67.1 Å². The zero-order valence-electron chi connectivity index (χ0n) is 41.9. The third-order valence-corrected chi connectivity index (χ3v) is 13.4. The molecule has 0 aliphatic carbocycles. The smallest absolute Gasteiger partial charge is 0.320 e. The molecule has 28 nitrogen and oxygen atoms in total. The van der Waals surface area contributed by atoms with Crippen molar-refractivity contribution < 1.29 is 75.8 Å². The van der Waals surface area contributed by atoms with Crippen LogP contribution in [0, 0.1) is 0 Å². The van der Waals surface area contributed by atoms with Crippen LogP contribution in [0.2, 0.25) is 0 Å². The molecule has 4 aliphatic heterocycles. The number of unbranched alkanes of at least 4 members (excludes halogenated alkanes) is 3. The lowest BCUT2D eigenvalue weighted by Crippen LogP contribution is -2.32. The molecule has 0 saturated carbocycles. The molecule has 0 radical (unpaired) electrons. The molecule has 0 spiro atoms. The van der Waals surface area contributed by atoms with Gasteiger partial charge in [-0.2, -0.15) is 0 Å². The van der Waals surface area contributed by atoms with Gasteiger partial charge in [-0.3, -0.25) is 28.9 Å². The summed E-state index contributed by atoms with van der Waals surface area (Å²) in [6.45, 7) is 3.90. The Morgan fingerprint density at radius 1 is 0.615 bits per heavy atom. The van der Waals surface area contributed by atoms with Crippen molar-refractivity contribution in [3.8, 4) is 0 Å². The van der Waals surface area contributed by atoms with E-state index in [-0.39, 0.29) is 11.6 Å². The molecule has 4 amide bonds. The third kappa shape index (κ3) is 14.2. The van der Waals surface area contributed by atoms with Crippen molar-refractivity contribution in [2.75, 3.05) is 36.9 Å². The lowest BCUT2D eigenvalue weighted by Gasteiger charge is -2.22. The van der Waals surface area contributed by atoms with E-state index in [1.807, 2.05) is 72.8 Å². The SMILES string of the molecule is CCCCCCNC(=O)Nc1ncnc2c1ncn2[C@@H]1O[C@H](COP(=O)([O-])O)C2OC(/C=C/c3ccccc3)O[C@@H]21.CCNC(=O)Nc1ncnc2c1ncn2[C@@H]1O[C@H](COP(=O)([O-])O)C2OC(/C=C/c3ccccc3)O[C@@H]21. The Morgan fingerprint density at radius 3 is 1.50 bits per heavy atom. The number of urea groups is 2. The number of nitrogens with one attached hydrogen (secondary N) is 4. The van der Waals surface area contributed by atoms with Crippen molar-refractivity contribution in [3.63, 3.8) is 0 Å². The quantitative estimate of drug-likeness (QED) is 0.0466. The first kappa shape index (κ1) is 56.3. The Labute approximate surface area is 445 Å². The summed E-state index contributed by atoms with van der Waals surface area (Å²) < 4.78 is 71.3. The van der Waals surface area contributed by atoms with E-state index < -0.39 is 103 Å². The molecule has 78 heavy (non-hydrogen) atoms. The van der Waals surface area contributed by atoms with Crippen molar-refractivity contribution in [2.45, 2.75) is 101 Å². The van der Waals surface area contributed by atoms with Crippen LogP contribution in [0.4, 0.5) is 21.2 Å². The van der Waals surface area contributed by atoms with Gasteiger partial charge in [0.15, 0.2) is 59.0 Å². The van der Waals surface area contributed by atoms with Gasteiger partial charge in [0, 0.05) is 13.1 Å². The summed E-state index contributed by atoms with van der Waals surface area (Å²) in [5.74, 6) is 0.415. The molecule has 4 aromatic heterocycles. The molecule has 6 aromatic rings. The van der Waals surface area contributed by atoms with Crippen LogP contribution in [0.5, 0.6) is 0 Å². The van der Waals surface area contributed by atoms with Gasteiger partial charge < -0.3 is 67.7 Å². The summed E-state index contributed by atoms with van der Waals surface area (Å²) in [6.07, 6.45) is 8.94. The van der Waals surface area contributed by atoms with Crippen molar-refractivity contribution in [2.24, 2.45) is 0 Å². The molecule has 416 valence electrons. The lowest BCUT2D eigenvalue weighted by molar-refractivity contribution is -0.225. The number of phosphoric ester groups is 2. The molecule has 6 unspecified atom stereocenters. The molecule has 2 aromatic carbocycles. The average Bonchev–Trinajstić information content (AvgIpc) is 4.31. The average molecular weight is 1120 g/mol. The van der Waals surface area contributed by atoms with Gasteiger partial charge >= 0.3 is 12.1 Å². The summed E-state index contributed by atoms with van der Waals surface area (Å²) in [5, 5.41) is 10.8. The van der Waals surface area contributed by atoms with Gasteiger partial charge in [0.2, 0.25) is 0 Å². The standard InChI is InChI=1S/C26H33N6O8P.C22H25N6O8P/c1-2-3-4-8-13-27-26(33)31-23-20-24(29-15-28-23)32(16-30-20)25-22-21(18(38-25)14-37-41(34,35)36)39-19(40-22)12-11-17-9-6-5-7-10-17;1-2-23-22(29)27-19-16-20(25-11-24-19)28(12-26-16)21-18-17(14(34-21)10-33-37(30,31)32)35-15(36-18)9-8-13-6-4-3-5-7-13/h5-7,9-12,15-16,18-19,21-22,25H,2-4,8,13-14H2,1H3,(H2,34,35,36)(H2,27,28,29,31,33);3-9,11-12,14-15,17-18,21H,2,10H2,1H3,(H2,30,31,32)(H2,23,24,25,27,29)/p-2/b12-11+;9-8+/t18-,19?,21?,22+,25-;14-,15?,17?,18+,21-/m11/s1. The van der Waals surface area contributed by atoms with Gasteiger partial charge in [0.05, 0.1) is 25.9 Å². The molecule has 10 rings (SSSR count). The Balaban J connectivity index is 0.000000191. The van der Waals surface area contributed by atoms with Crippen LogP contribution in [-0.4, -0.2) is 136 Å². The van der Waals surface area contributed by atoms with Crippen molar-refractivity contribution in [3.05, 3.63) is 109 Å². The Hall–Kier alpha value is -6.46. The highest BCUT2D eigenvalue weighted by molar-refractivity contribution is 7.45. The zero-order chi connectivity index (χ0) is 54.8. The summed E-state index contributed by atoms with van der Waals surface area (Å²) >= 11 is 0. The van der Waals surface area contributed by atoms with E-state index >= 15 is 0 Å². The summed E-state index contributed by atoms with van der Waals surface area (Å²) in [6, 6.07) is 18.3. The van der Waals surface area contributed by atoms with Gasteiger partial charge in [-0.15, -0.1) is 0 Å². The van der Waals surface area contributed by atoms with Crippen LogP contribution in [-0.2, 0) is 46.6 Å². The molecule has 8 heterocycles. The van der Waals surface area contributed by atoms with Crippen LogP contribution in [0.3, 0.4) is 0 Å². The predicted octanol–water partition coefficient (Wildman–Crippen LogP) is 3.89. The zero-order valence-corrected chi connectivity index (χ0v) is 43.7. The van der Waals surface area contributed by atoms with Crippen LogP contribution in [0.1, 0.15) is 63.1 Å². The molecular weight excluding hydrogens is 1060 g/mol. The van der Waals surface area contributed by atoms with E-state index in [1.165, 1.54) is 25.3 Å². The minimum atomic E-state index is -5.00. The Morgan fingerprint density at radius 2 is 1.06 bits per heavy atom. The maximum atomic E-state index is 12.4. The number of fused-ring (bicyclic) bond motifs is 4. The normalized spacial score (nSPS) is 26.1. The number of benzene rings is 2. The number of imidazole rings is 2. The van der Waals surface area contributed by atoms with Crippen molar-refractivity contribution in [1.82, 2.24) is 49.7 Å². The second-order valence-electron chi connectivity index (χ2n) is 17.9. The molecular formula is C48H56N12O16P2-2. The topological polar surface area (TPSA) is 364 Å². The fourth-order valence-corrected chi connectivity index (χ4v) is 9.61. The first-order chi connectivity index (χ1) is 37.6. The highest BCUT2D eigenvalue weighted by atomic mass is 31.2. The van der Waals surface area contributed by atoms with Gasteiger partial charge in [0.25, 0.3) is 15.6 Å². The minimum absolute atomic E-state index is 0.198. The number of carbonyl (C=O) groups excluding carboxylic acids is 2. The van der Waals surface area contributed by atoms with Gasteiger partial charge in [-0.25, -0.2) is 39.5 Å². The maximum Gasteiger partial charge on any atom is 0.320 e. The van der Waals surface area contributed by atoms with Gasteiger partial charge in [-0.05, 0) is 36.6 Å². The summed E-state index contributed by atoms with van der Waals surface area (Å²) in [5.41, 5.74) is 3.22. The van der Waals surface area contributed by atoms with Crippen molar-refractivity contribution in [1.29, 1.82) is 0 Å². The first-order valence-electron chi connectivity index (χ1n) is 24.9. The van der Waals surface area contributed by atoms with E-state index in [4.69, 9.17) is 38.2 Å². The molecule has 4 fully saturated rings. The number of nitrogens with zero attached hydrogens (tertiary/aromatic N) is 8. The lowest BCUT2D eigenvalue weighted by atomic mass is 10.1. The monoisotopic (exact) mass is 1120 g/mol. The molecule has 6 N–H and O–H groups in total. The van der Waals surface area contributed by atoms with Crippen LogP contribution in [0.15, 0.2) is 98.1 Å². The summed E-state index contributed by atoms with van der Waals surface area (Å²) in [7, 11) is -10.00. The number of aromatic nitrogens is 8. The Bertz CT molecular complexity index is 3150. The van der Waals surface area contributed by atoms with E-state index in [0.717, 1.165) is 36.8 Å². The second kappa shape index (κ2) is 25.6. The fraction of sp³-hybridized carbons (Fsp3) is 0.417. The van der Waals surface area contributed by atoms with Gasteiger partial charge in [0.1, 0.15) is 49.3 Å². The number of ether oxygens (including phenoxy) is 6. The second-order valence-corrected chi connectivity index (χ2v) is 20.2.